The third kappa shape index (κ3) is 6.59. The average molecular weight is 315 g/mol. The zero-order valence-electron chi connectivity index (χ0n) is 12.2. The predicted molar refractivity (Wildman–Crippen MR) is 79.6 cm³/mol. The Morgan fingerprint density at radius 2 is 1.95 bits per heavy atom. The van der Waals surface area contributed by atoms with Crippen LogP contribution in [-0.2, 0) is 14.8 Å². The number of ether oxygens (including phenoxy) is 2. The molecule has 1 rings (SSSR count). The molecule has 0 fully saturated rings. The van der Waals surface area contributed by atoms with E-state index in [1.165, 1.54) is 7.11 Å². The molecule has 0 bridgehead atoms. The number of hydrogen-bond acceptors (Lipinski definition) is 5. The van der Waals surface area contributed by atoms with Crippen LogP contribution in [-0.4, -0.2) is 33.9 Å². The second-order valence-electron chi connectivity index (χ2n) is 4.89. The van der Waals surface area contributed by atoms with Crippen LogP contribution >= 0.6 is 0 Å². The molecule has 0 heterocycles. The Kier molecular flexibility index (Phi) is 6.64. The second-order valence-corrected chi connectivity index (χ2v) is 6.62. The van der Waals surface area contributed by atoms with E-state index in [-0.39, 0.29) is 11.7 Å². The first kappa shape index (κ1) is 17.5. The maximum atomic E-state index is 11.6. The van der Waals surface area contributed by atoms with Gasteiger partial charge in [-0.2, -0.15) is 0 Å². The lowest BCUT2D eigenvalue weighted by atomic mass is 10.1. The van der Waals surface area contributed by atoms with Gasteiger partial charge >= 0.3 is 5.97 Å². The highest BCUT2D eigenvalue weighted by molar-refractivity contribution is 7.89. The minimum atomic E-state index is -3.42. The molecule has 118 valence electrons. The van der Waals surface area contributed by atoms with Crippen LogP contribution in [0.25, 0.3) is 0 Å². The number of primary sulfonamides is 1. The molecule has 0 amide bonds. The summed E-state index contributed by atoms with van der Waals surface area (Å²) < 4.78 is 32.0. The van der Waals surface area contributed by atoms with E-state index < -0.39 is 16.0 Å². The van der Waals surface area contributed by atoms with Gasteiger partial charge in [-0.05, 0) is 30.9 Å². The van der Waals surface area contributed by atoms with Crippen LogP contribution in [0.1, 0.15) is 30.1 Å². The molecule has 0 saturated carbocycles. The van der Waals surface area contributed by atoms with Crippen molar-refractivity contribution in [2.45, 2.75) is 19.8 Å². The molecule has 0 aromatic heterocycles. The molecule has 1 atom stereocenters. The van der Waals surface area contributed by atoms with Gasteiger partial charge in [0.25, 0.3) is 0 Å². The fraction of sp³-hybridized carbons (Fsp3) is 0.500. The zero-order chi connectivity index (χ0) is 15.9. The topological polar surface area (TPSA) is 95.7 Å². The Hall–Kier alpha value is -1.60. The largest absolute Gasteiger partial charge is 0.493 e. The van der Waals surface area contributed by atoms with Crippen LogP contribution in [0.15, 0.2) is 24.3 Å². The van der Waals surface area contributed by atoms with Crippen molar-refractivity contribution in [1.82, 2.24) is 0 Å². The zero-order valence-corrected chi connectivity index (χ0v) is 13.1. The average Bonchev–Trinajstić information content (AvgIpc) is 2.44. The number of carbonyl (C=O) groups excluding carboxylic acids is 1. The van der Waals surface area contributed by atoms with Crippen molar-refractivity contribution in [1.29, 1.82) is 0 Å². The molecule has 2 N–H and O–H groups in total. The van der Waals surface area contributed by atoms with Gasteiger partial charge in [0.05, 0.1) is 19.5 Å². The van der Waals surface area contributed by atoms with Gasteiger partial charge < -0.3 is 9.47 Å². The van der Waals surface area contributed by atoms with E-state index in [2.05, 4.69) is 4.74 Å². The first-order valence-corrected chi connectivity index (χ1v) is 8.35. The summed E-state index contributed by atoms with van der Waals surface area (Å²) in [5.41, 5.74) is 0.372. The number of esters is 1. The van der Waals surface area contributed by atoms with Crippen LogP contribution < -0.4 is 9.88 Å². The van der Waals surface area contributed by atoms with Crippen LogP contribution in [0, 0.1) is 5.92 Å². The Balaban J connectivity index is 2.47. The summed E-state index contributed by atoms with van der Waals surface area (Å²) in [5, 5.41) is 4.96. The molecule has 0 spiro atoms. The third-order valence-corrected chi connectivity index (χ3v) is 3.86. The number of benzene rings is 1. The van der Waals surface area contributed by atoms with E-state index in [4.69, 9.17) is 9.88 Å². The summed E-state index contributed by atoms with van der Waals surface area (Å²) in [4.78, 5) is 11.6. The van der Waals surface area contributed by atoms with E-state index in [1.54, 1.807) is 24.3 Å². The smallest absolute Gasteiger partial charge is 0.341 e. The van der Waals surface area contributed by atoms with Gasteiger partial charge in [0, 0.05) is 0 Å². The van der Waals surface area contributed by atoms with Crippen LogP contribution in [0.3, 0.4) is 0 Å². The highest BCUT2D eigenvalue weighted by atomic mass is 32.2. The van der Waals surface area contributed by atoms with Crippen molar-refractivity contribution in [2.24, 2.45) is 11.1 Å². The lowest BCUT2D eigenvalue weighted by molar-refractivity contribution is 0.0595. The van der Waals surface area contributed by atoms with E-state index in [9.17, 15) is 13.2 Å². The van der Waals surface area contributed by atoms with Crippen molar-refractivity contribution < 1.29 is 22.7 Å². The van der Waals surface area contributed by atoms with Crippen LogP contribution in [0.4, 0.5) is 0 Å². The molecule has 1 aromatic rings. The number of carbonyl (C=O) groups is 1. The van der Waals surface area contributed by atoms with Crippen LogP contribution in [0.2, 0.25) is 0 Å². The minimum absolute atomic E-state index is 0.0348. The molecule has 21 heavy (non-hydrogen) atoms. The number of para-hydroxylation sites is 1. The Bertz CT molecular complexity index is 570. The van der Waals surface area contributed by atoms with Gasteiger partial charge in [0.15, 0.2) is 0 Å². The lowest BCUT2D eigenvalue weighted by Gasteiger charge is -2.13. The number of nitrogens with two attached hydrogens (primary N) is 1. The SMILES string of the molecule is COC(=O)c1ccccc1OCCC(C)CCS(N)(=O)=O. The van der Waals surface area contributed by atoms with E-state index in [0.717, 1.165) is 0 Å². The molecule has 0 saturated heterocycles. The van der Waals surface area contributed by atoms with Gasteiger partial charge in [-0.1, -0.05) is 19.1 Å². The summed E-state index contributed by atoms with van der Waals surface area (Å²) >= 11 is 0. The fourth-order valence-corrected chi connectivity index (χ4v) is 2.48. The van der Waals surface area contributed by atoms with Crippen molar-refractivity contribution in [3.63, 3.8) is 0 Å². The third-order valence-electron chi connectivity index (χ3n) is 3.06. The molecule has 0 radical (unpaired) electrons. The second kappa shape index (κ2) is 7.99. The maximum absolute atomic E-state index is 11.6. The Morgan fingerprint density at radius 3 is 2.57 bits per heavy atom. The summed E-state index contributed by atoms with van der Waals surface area (Å²) in [6.07, 6.45) is 1.16. The number of methoxy groups -OCH3 is 1. The quantitative estimate of drug-likeness (QED) is 0.734. The van der Waals surface area contributed by atoms with Gasteiger partial charge in [-0.15, -0.1) is 0 Å². The molecule has 0 aliphatic rings. The fourth-order valence-electron chi connectivity index (χ4n) is 1.75. The first-order chi connectivity index (χ1) is 9.83. The lowest BCUT2D eigenvalue weighted by Crippen LogP contribution is -2.19. The first-order valence-electron chi connectivity index (χ1n) is 6.64. The monoisotopic (exact) mass is 315 g/mol. The van der Waals surface area contributed by atoms with Crippen molar-refractivity contribution >= 4 is 16.0 Å². The Labute approximate surface area is 125 Å². The van der Waals surface area contributed by atoms with Crippen molar-refractivity contribution in [2.75, 3.05) is 19.5 Å². The highest BCUT2D eigenvalue weighted by Crippen LogP contribution is 2.20. The summed E-state index contributed by atoms with van der Waals surface area (Å²) in [7, 11) is -2.11. The molecule has 0 aliphatic carbocycles. The summed E-state index contributed by atoms with van der Waals surface area (Å²) in [6, 6.07) is 6.83. The molecule has 1 aromatic carbocycles. The van der Waals surface area contributed by atoms with E-state index in [0.29, 0.717) is 30.8 Å². The standard InChI is InChI=1S/C14H21NO5S/c1-11(8-10-21(15,17)18)7-9-20-13-6-4-3-5-12(13)14(16)19-2/h3-6,11H,7-10H2,1-2H3,(H2,15,17,18). The molecule has 7 heteroatoms. The molecule has 0 aliphatic heterocycles. The number of hydrogen-bond donors (Lipinski definition) is 1. The van der Waals surface area contributed by atoms with Gasteiger partial charge in [0.1, 0.15) is 11.3 Å². The minimum Gasteiger partial charge on any atom is -0.493 e. The van der Waals surface area contributed by atoms with Crippen LogP contribution in [0.5, 0.6) is 5.75 Å². The van der Waals surface area contributed by atoms with Gasteiger partial charge in [0.2, 0.25) is 10.0 Å². The van der Waals surface area contributed by atoms with Gasteiger partial charge in [-0.25, -0.2) is 18.4 Å². The summed E-state index contributed by atoms with van der Waals surface area (Å²) in [5.74, 6) is 0.136. The van der Waals surface area contributed by atoms with Gasteiger partial charge in [-0.3, -0.25) is 0 Å². The number of sulfonamides is 1. The summed E-state index contributed by atoms with van der Waals surface area (Å²) in [6.45, 7) is 2.32. The molecule has 1 unspecified atom stereocenters. The molecular formula is C14H21NO5S. The van der Waals surface area contributed by atoms with Crippen molar-refractivity contribution in [3.05, 3.63) is 29.8 Å². The predicted octanol–water partition coefficient (Wildman–Crippen LogP) is 1.56. The normalized spacial score (nSPS) is 12.7. The van der Waals surface area contributed by atoms with Crippen molar-refractivity contribution in [3.8, 4) is 5.75 Å². The Morgan fingerprint density at radius 1 is 1.29 bits per heavy atom. The highest BCUT2D eigenvalue weighted by Gasteiger charge is 2.13. The molecular weight excluding hydrogens is 294 g/mol. The number of rotatable bonds is 8. The van der Waals surface area contributed by atoms with E-state index >= 15 is 0 Å². The van der Waals surface area contributed by atoms with E-state index in [1.807, 2.05) is 6.92 Å². The maximum Gasteiger partial charge on any atom is 0.341 e. The molecule has 6 nitrogen and oxygen atoms in total.